The van der Waals surface area contributed by atoms with Crippen LogP contribution in [0.1, 0.15) is 11.1 Å². The maximum Gasteiger partial charge on any atom is 0.319 e. The number of hydrogen-bond donors (Lipinski definition) is 3. The first-order valence-corrected chi connectivity index (χ1v) is 6.59. The molecular weight excluding hydrogens is 250 g/mol. The van der Waals surface area contributed by atoms with Crippen LogP contribution in [0.4, 0.5) is 16.2 Å². The largest absolute Gasteiger partial charge is 0.399 e. The molecule has 2 amide bonds. The molecule has 0 bridgehead atoms. The van der Waals surface area contributed by atoms with E-state index in [1.807, 2.05) is 0 Å². The third kappa shape index (κ3) is 4.31. The smallest absolute Gasteiger partial charge is 0.319 e. The van der Waals surface area contributed by atoms with Gasteiger partial charge in [0, 0.05) is 17.9 Å². The van der Waals surface area contributed by atoms with E-state index in [1.165, 1.54) is 11.1 Å². The van der Waals surface area contributed by atoms with Crippen LogP contribution in [0.5, 0.6) is 0 Å². The third-order valence-electron chi connectivity index (χ3n) is 2.99. The Morgan fingerprint density at radius 2 is 1.70 bits per heavy atom. The first-order valence-electron chi connectivity index (χ1n) is 6.59. The van der Waals surface area contributed by atoms with Gasteiger partial charge < -0.3 is 16.4 Å². The molecule has 0 heterocycles. The zero-order valence-corrected chi connectivity index (χ0v) is 11.5. The normalized spacial score (nSPS) is 10.1. The molecule has 0 aromatic heterocycles. The molecule has 20 heavy (non-hydrogen) atoms. The Morgan fingerprint density at radius 1 is 1.05 bits per heavy atom. The zero-order chi connectivity index (χ0) is 14.4. The van der Waals surface area contributed by atoms with Gasteiger partial charge in [-0.3, -0.25) is 0 Å². The highest BCUT2D eigenvalue weighted by atomic mass is 16.2. The monoisotopic (exact) mass is 269 g/mol. The molecule has 0 unspecified atom stereocenters. The minimum absolute atomic E-state index is 0.207. The van der Waals surface area contributed by atoms with Crippen LogP contribution in [-0.2, 0) is 6.42 Å². The van der Waals surface area contributed by atoms with Gasteiger partial charge in [0.25, 0.3) is 0 Å². The summed E-state index contributed by atoms with van der Waals surface area (Å²) in [6, 6.07) is 15.1. The summed E-state index contributed by atoms with van der Waals surface area (Å²) >= 11 is 0. The number of nitrogens with two attached hydrogens (primary N) is 1. The van der Waals surface area contributed by atoms with Crippen molar-refractivity contribution < 1.29 is 4.79 Å². The summed E-state index contributed by atoms with van der Waals surface area (Å²) in [4.78, 5) is 11.7. The fourth-order valence-electron chi connectivity index (χ4n) is 1.82. The quantitative estimate of drug-likeness (QED) is 0.747. The molecule has 0 spiro atoms. The number of benzene rings is 2. The predicted molar refractivity (Wildman–Crippen MR) is 82.8 cm³/mol. The number of urea groups is 1. The lowest BCUT2D eigenvalue weighted by Gasteiger charge is -2.08. The van der Waals surface area contributed by atoms with Gasteiger partial charge in [-0.1, -0.05) is 29.8 Å². The topological polar surface area (TPSA) is 67.2 Å². The van der Waals surface area contributed by atoms with Crippen LogP contribution in [-0.4, -0.2) is 12.6 Å². The second-order valence-electron chi connectivity index (χ2n) is 4.74. The molecule has 0 saturated carbocycles. The molecule has 2 rings (SSSR count). The number of nitrogens with one attached hydrogen (secondary N) is 2. The van der Waals surface area contributed by atoms with Crippen LogP contribution in [0.25, 0.3) is 0 Å². The molecular formula is C16H19N3O. The molecule has 0 aliphatic carbocycles. The highest BCUT2D eigenvalue weighted by Gasteiger charge is 2.01. The summed E-state index contributed by atoms with van der Waals surface area (Å²) in [7, 11) is 0. The van der Waals surface area contributed by atoms with Gasteiger partial charge in [-0.05, 0) is 43.2 Å². The summed E-state index contributed by atoms with van der Waals surface area (Å²) in [5.41, 5.74) is 9.44. The average molecular weight is 269 g/mol. The number of amides is 2. The van der Waals surface area contributed by atoms with E-state index >= 15 is 0 Å². The summed E-state index contributed by atoms with van der Waals surface area (Å²) in [6.45, 7) is 2.66. The number of anilines is 2. The van der Waals surface area contributed by atoms with E-state index in [9.17, 15) is 4.79 Å². The van der Waals surface area contributed by atoms with Crippen molar-refractivity contribution in [2.24, 2.45) is 0 Å². The number of rotatable bonds is 4. The molecule has 0 saturated heterocycles. The molecule has 4 N–H and O–H groups in total. The Kier molecular flexibility index (Phi) is 4.60. The van der Waals surface area contributed by atoms with Gasteiger partial charge in [0.05, 0.1) is 0 Å². The lowest BCUT2D eigenvalue weighted by molar-refractivity contribution is 0.252. The highest BCUT2D eigenvalue weighted by Crippen LogP contribution is 2.10. The van der Waals surface area contributed by atoms with Gasteiger partial charge in [0.15, 0.2) is 0 Å². The average Bonchev–Trinajstić information content (AvgIpc) is 2.44. The zero-order valence-electron chi connectivity index (χ0n) is 11.5. The highest BCUT2D eigenvalue weighted by molar-refractivity contribution is 5.89. The van der Waals surface area contributed by atoms with E-state index in [1.54, 1.807) is 24.3 Å². The van der Waals surface area contributed by atoms with Crippen LogP contribution in [0, 0.1) is 6.92 Å². The maximum atomic E-state index is 11.7. The Hall–Kier alpha value is -2.49. The predicted octanol–water partition coefficient (Wildman–Crippen LogP) is 2.94. The molecule has 2 aromatic carbocycles. The summed E-state index contributed by atoms with van der Waals surface area (Å²) in [5, 5.41) is 5.59. The number of aryl methyl sites for hydroxylation is 1. The second kappa shape index (κ2) is 6.61. The third-order valence-corrected chi connectivity index (χ3v) is 2.99. The summed E-state index contributed by atoms with van der Waals surface area (Å²) < 4.78 is 0. The van der Waals surface area contributed by atoms with E-state index < -0.39 is 0 Å². The fraction of sp³-hybridized carbons (Fsp3) is 0.188. The minimum Gasteiger partial charge on any atom is -0.399 e. The van der Waals surface area contributed by atoms with Crippen molar-refractivity contribution in [3.8, 4) is 0 Å². The van der Waals surface area contributed by atoms with Gasteiger partial charge >= 0.3 is 6.03 Å². The van der Waals surface area contributed by atoms with Gasteiger partial charge in [0.2, 0.25) is 0 Å². The van der Waals surface area contributed by atoms with Crippen molar-refractivity contribution in [1.29, 1.82) is 0 Å². The van der Waals surface area contributed by atoms with Crippen molar-refractivity contribution >= 4 is 17.4 Å². The van der Waals surface area contributed by atoms with Gasteiger partial charge in [0.1, 0.15) is 0 Å². The number of hydrogen-bond acceptors (Lipinski definition) is 2. The first-order chi connectivity index (χ1) is 9.63. The molecule has 0 fully saturated rings. The van der Waals surface area contributed by atoms with E-state index in [-0.39, 0.29) is 6.03 Å². The van der Waals surface area contributed by atoms with E-state index in [0.717, 1.165) is 12.1 Å². The summed E-state index contributed by atoms with van der Waals surface area (Å²) in [6.07, 6.45) is 0.815. The van der Waals surface area contributed by atoms with Crippen LogP contribution in [0.15, 0.2) is 48.5 Å². The van der Waals surface area contributed by atoms with Gasteiger partial charge in [-0.2, -0.15) is 0 Å². The van der Waals surface area contributed by atoms with Gasteiger partial charge in [-0.25, -0.2) is 4.79 Å². The number of carbonyl (C=O) groups is 1. The molecule has 4 nitrogen and oxygen atoms in total. The minimum atomic E-state index is -0.207. The van der Waals surface area contributed by atoms with Crippen molar-refractivity contribution in [3.05, 3.63) is 59.7 Å². The maximum absolute atomic E-state index is 11.7. The first kappa shape index (κ1) is 13.9. The van der Waals surface area contributed by atoms with Gasteiger partial charge in [-0.15, -0.1) is 0 Å². The van der Waals surface area contributed by atoms with Crippen LogP contribution >= 0.6 is 0 Å². The molecule has 0 radical (unpaired) electrons. The lowest BCUT2D eigenvalue weighted by Crippen LogP contribution is -2.30. The van der Waals surface area contributed by atoms with Crippen LogP contribution in [0.3, 0.4) is 0 Å². The van der Waals surface area contributed by atoms with Crippen molar-refractivity contribution in [2.75, 3.05) is 17.6 Å². The SMILES string of the molecule is Cc1ccc(CCNC(=O)Nc2ccc(N)cc2)cc1. The number of nitrogen functional groups attached to an aromatic ring is 1. The van der Waals surface area contributed by atoms with Crippen LogP contribution < -0.4 is 16.4 Å². The summed E-state index contributed by atoms with van der Waals surface area (Å²) in [5.74, 6) is 0. The standard InChI is InChI=1S/C16H19N3O/c1-12-2-4-13(5-3-12)10-11-18-16(20)19-15-8-6-14(17)7-9-15/h2-9H,10-11,17H2,1H3,(H2,18,19,20). The van der Waals surface area contributed by atoms with Crippen molar-refractivity contribution in [3.63, 3.8) is 0 Å². The molecule has 2 aromatic rings. The molecule has 104 valence electrons. The Labute approximate surface area is 119 Å². The second-order valence-corrected chi connectivity index (χ2v) is 4.74. The van der Waals surface area contributed by atoms with E-state index in [0.29, 0.717) is 12.2 Å². The van der Waals surface area contributed by atoms with Crippen molar-refractivity contribution in [1.82, 2.24) is 5.32 Å². The Bertz CT molecular complexity index is 561. The van der Waals surface area contributed by atoms with Crippen molar-refractivity contribution in [2.45, 2.75) is 13.3 Å². The Balaban J connectivity index is 1.75. The number of carbonyl (C=O) groups excluding carboxylic acids is 1. The molecule has 0 aliphatic heterocycles. The molecule has 0 aliphatic rings. The van der Waals surface area contributed by atoms with E-state index in [2.05, 4.69) is 41.8 Å². The van der Waals surface area contributed by atoms with E-state index in [4.69, 9.17) is 5.73 Å². The molecule has 4 heteroatoms. The molecule has 0 atom stereocenters. The lowest BCUT2D eigenvalue weighted by atomic mass is 10.1. The fourth-order valence-corrected chi connectivity index (χ4v) is 1.82. The Morgan fingerprint density at radius 3 is 2.35 bits per heavy atom. The van der Waals surface area contributed by atoms with Crippen LogP contribution in [0.2, 0.25) is 0 Å².